The van der Waals surface area contributed by atoms with Gasteiger partial charge in [0.1, 0.15) is 11.2 Å². The van der Waals surface area contributed by atoms with Crippen LogP contribution in [0.3, 0.4) is 0 Å². The quantitative estimate of drug-likeness (QED) is 0.276. The van der Waals surface area contributed by atoms with E-state index >= 15 is 0 Å². The molecule has 3 aliphatic rings. The molecule has 2 amide bonds. The van der Waals surface area contributed by atoms with Gasteiger partial charge in [0.2, 0.25) is 0 Å². The number of piperidine rings is 2. The van der Waals surface area contributed by atoms with E-state index in [-0.39, 0.29) is 48.3 Å². The van der Waals surface area contributed by atoms with Crippen molar-refractivity contribution >= 4 is 40.7 Å². The summed E-state index contributed by atoms with van der Waals surface area (Å²) in [7, 11) is 3.03. The van der Waals surface area contributed by atoms with E-state index in [0.717, 1.165) is 27.5 Å². The number of methoxy groups -OCH3 is 2. The van der Waals surface area contributed by atoms with E-state index in [1.165, 1.54) is 0 Å². The topological polar surface area (TPSA) is 96.0 Å². The van der Waals surface area contributed by atoms with E-state index in [0.29, 0.717) is 19.5 Å². The average Bonchev–Trinajstić information content (AvgIpc) is 3.29. The number of carbonyl (C=O) groups is 2. The first-order chi connectivity index (χ1) is 24.9. The van der Waals surface area contributed by atoms with Gasteiger partial charge in [0.15, 0.2) is 0 Å². The molecule has 0 N–H and O–H groups in total. The number of carbonyl (C=O) groups excluding carboxylic acids is 2. The van der Waals surface area contributed by atoms with Crippen LogP contribution in [-0.4, -0.2) is 91.0 Å². The summed E-state index contributed by atoms with van der Waals surface area (Å²) in [6, 6.07) is 16.1. The van der Waals surface area contributed by atoms with Gasteiger partial charge in [-0.2, -0.15) is 0 Å². The van der Waals surface area contributed by atoms with Crippen molar-refractivity contribution in [1.82, 2.24) is 9.80 Å². The minimum Gasteiger partial charge on any atom is -0.444 e. The first kappa shape index (κ1) is 44.1. The van der Waals surface area contributed by atoms with Crippen LogP contribution in [0.5, 0.6) is 0 Å². The fourth-order valence-electron chi connectivity index (χ4n) is 7.21. The lowest BCUT2D eigenvalue weighted by Crippen LogP contribution is -2.49. The zero-order chi connectivity index (χ0) is 40.4. The van der Waals surface area contributed by atoms with Crippen molar-refractivity contribution in [2.45, 2.75) is 143 Å². The Morgan fingerprint density at radius 1 is 0.722 bits per heavy atom. The molecule has 0 spiro atoms. The number of ether oxygens (including phenoxy) is 4. The van der Waals surface area contributed by atoms with E-state index < -0.39 is 29.5 Å². The van der Waals surface area contributed by atoms with Crippen molar-refractivity contribution in [3.63, 3.8) is 0 Å². The number of amides is 2. The van der Waals surface area contributed by atoms with Crippen molar-refractivity contribution in [3.05, 3.63) is 64.1 Å². The predicted octanol–water partition coefficient (Wildman–Crippen LogP) is 9.10. The Bertz CT molecular complexity index is 1570. The Morgan fingerprint density at radius 2 is 1.13 bits per heavy atom. The normalized spacial score (nSPS) is 26.8. The number of hydrogen-bond donors (Lipinski definition) is 0. The molecule has 2 unspecified atom stereocenters. The summed E-state index contributed by atoms with van der Waals surface area (Å²) in [5, 5.41) is 0. The predicted molar refractivity (Wildman–Crippen MR) is 217 cm³/mol. The molecule has 3 fully saturated rings. The molecule has 0 aliphatic carbocycles. The van der Waals surface area contributed by atoms with Gasteiger partial charge in [0.05, 0.1) is 35.5 Å². The van der Waals surface area contributed by atoms with Crippen molar-refractivity contribution < 1.29 is 37.8 Å². The molecule has 0 saturated carbocycles. The fraction of sp³-hybridized carbons (Fsp3) is 0.667. The maximum Gasteiger partial charge on any atom is 0.494 e. The summed E-state index contributed by atoms with van der Waals surface area (Å²) in [5.41, 5.74) is 1.22. The van der Waals surface area contributed by atoms with Crippen LogP contribution < -0.4 is 5.46 Å². The van der Waals surface area contributed by atoms with E-state index in [1.807, 2.05) is 103 Å². The van der Waals surface area contributed by atoms with E-state index in [4.69, 9.17) is 28.3 Å². The first-order valence-corrected chi connectivity index (χ1v) is 20.0. The van der Waals surface area contributed by atoms with Gasteiger partial charge in [-0.1, -0.05) is 66.2 Å². The van der Waals surface area contributed by atoms with Crippen molar-refractivity contribution in [3.8, 4) is 0 Å². The van der Waals surface area contributed by atoms with Crippen LogP contribution in [-0.2, 0) is 28.3 Å². The van der Waals surface area contributed by atoms with Gasteiger partial charge in [-0.25, -0.2) is 9.59 Å². The summed E-state index contributed by atoms with van der Waals surface area (Å²) in [5.74, 6) is 0.496. The molecule has 54 heavy (non-hydrogen) atoms. The van der Waals surface area contributed by atoms with Gasteiger partial charge in [-0.15, -0.1) is 0 Å². The Labute approximate surface area is 333 Å². The summed E-state index contributed by atoms with van der Waals surface area (Å²) in [6.45, 7) is 25.0. The van der Waals surface area contributed by atoms with Gasteiger partial charge in [0.25, 0.3) is 0 Å². The molecule has 12 heteroatoms. The van der Waals surface area contributed by atoms with E-state index in [1.54, 1.807) is 14.2 Å². The third-order valence-corrected chi connectivity index (χ3v) is 11.3. The number of likely N-dealkylation sites (tertiary alicyclic amines) is 2. The lowest BCUT2D eigenvalue weighted by Gasteiger charge is -2.43. The summed E-state index contributed by atoms with van der Waals surface area (Å²) < 4.78 is 36.2. The molecule has 3 heterocycles. The highest BCUT2D eigenvalue weighted by Crippen LogP contribution is 2.39. The maximum absolute atomic E-state index is 13.1. The molecule has 0 bridgehead atoms. The SMILES string of the molecule is COC1C[C@H](c2cccc(B3OC(C)(C)C(C)(C)O3)c2)N(C(=O)OC(C)(C)C)C[C@H]1C.COC1C[C@H](c2cccc(Br)c2)N(C(=O)OC(C)(C)C)C[C@H]1C. The number of nitrogens with zero attached hydrogens (tertiary/aromatic N) is 2. The summed E-state index contributed by atoms with van der Waals surface area (Å²) in [4.78, 5) is 29.4. The number of halogens is 1. The van der Waals surface area contributed by atoms with Crippen LogP contribution >= 0.6 is 15.9 Å². The zero-order valence-corrected chi connectivity index (χ0v) is 36.6. The molecular weight excluding hydrogens is 751 g/mol. The molecule has 6 atom stereocenters. The molecule has 300 valence electrons. The highest BCUT2D eigenvalue weighted by atomic mass is 79.9. The van der Waals surface area contributed by atoms with Gasteiger partial charge in [-0.05, 0) is 111 Å². The fourth-order valence-corrected chi connectivity index (χ4v) is 7.63. The zero-order valence-electron chi connectivity index (χ0n) is 35.0. The summed E-state index contributed by atoms with van der Waals surface area (Å²) >= 11 is 3.51. The summed E-state index contributed by atoms with van der Waals surface area (Å²) in [6.07, 6.45) is 1.14. The molecule has 2 aromatic rings. The number of benzene rings is 2. The van der Waals surface area contributed by atoms with Crippen LogP contribution in [0.4, 0.5) is 9.59 Å². The molecule has 3 saturated heterocycles. The van der Waals surface area contributed by atoms with Crippen molar-refractivity contribution in [2.24, 2.45) is 11.8 Å². The molecule has 3 aliphatic heterocycles. The van der Waals surface area contributed by atoms with Crippen molar-refractivity contribution in [2.75, 3.05) is 27.3 Å². The third kappa shape index (κ3) is 11.0. The van der Waals surface area contributed by atoms with Crippen LogP contribution in [0.1, 0.15) is 119 Å². The van der Waals surface area contributed by atoms with Crippen LogP contribution in [0.15, 0.2) is 53.0 Å². The third-order valence-electron chi connectivity index (χ3n) is 10.8. The van der Waals surface area contributed by atoms with Crippen LogP contribution in [0, 0.1) is 11.8 Å². The lowest BCUT2D eigenvalue weighted by molar-refractivity contribution is -0.0422. The Kier molecular flexibility index (Phi) is 14.1. The Balaban J connectivity index is 0.000000252. The molecule has 0 radical (unpaired) electrons. The monoisotopic (exact) mass is 814 g/mol. The van der Waals surface area contributed by atoms with Crippen LogP contribution in [0.2, 0.25) is 0 Å². The molecule has 2 aromatic carbocycles. The standard InChI is InChI=1S/C24H38BNO5.C18H26BrNO3/c1-16-15-26(21(27)29-22(2,3)4)19(14-20(16)28-9)17-11-10-12-18(13-17)25-30-23(5,6)24(7,8)31-25;1-12-11-20(17(21)23-18(2,3)4)15(10-16(12)22-5)13-7-6-8-14(19)9-13/h10-13,16,19-20H,14-15H2,1-9H3;6-9,12,15-16H,10-11H2,1-5H3/t16-,19-,20?;12-,15-,16?/m11/s1. The second-order valence-corrected chi connectivity index (χ2v) is 19.0. The van der Waals surface area contributed by atoms with E-state index in [2.05, 4.69) is 54.0 Å². The van der Waals surface area contributed by atoms with E-state index in [9.17, 15) is 9.59 Å². The van der Waals surface area contributed by atoms with Crippen LogP contribution in [0.25, 0.3) is 0 Å². The Hall–Kier alpha value is -2.64. The number of rotatable bonds is 5. The highest BCUT2D eigenvalue weighted by molar-refractivity contribution is 9.10. The molecule has 0 aromatic heterocycles. The van der Waals surface area contributed by atoms with Gasteiger partial charge in [-0.3, -0.25) is 0 Å². The second-order valence-electron chi connectivity index (χ2n) is 18.1. The smallest absolute Gasteiger partial charge is 0.444 e. The molecular formula is C42H64BBrN2O8. The highest BCUT2D eigenvalue weighted by Gasteiger charge is 2.52. The maximum atomic E-state index is 13.1. The Morgan fingerprint density at radius 3 is 1.52 bits per heavy atom. The molecule has 10 nitrogen and oxygen atoms in total. The van der Waals surface area contributed by atoms with Crippen molar-refractivity contribution in [1.29, 1.82) is 0 Å². The van der Waals surface area contributed by atoms with Gasteiger partial charge < -0.3 is 38.1 Å². The van der Waals surface area contributed by atoms with Gasteiger partial charge >= 0.3 is 19.3 Å². The largest absolute Gasteiger partial charge is 0.494 e. The number of hydrogen-bond acceptors (Lipinski definition) is 8. The lowest BCUT2D eigenvalue weighted by atomic mass is 9.77. The first-order valence-electron chi connectivity index (χ1n) is 19.2. The van der Waals surface area contributed by atoms with Gasteiger partial charge in [0, 0.05) is 43.6 Å². The average molecular weight is 816 g/mol. The minimum atomic E-state index is -0.548. The minimum absolute atomic E-state index is 0.0384. The second kappa shape index (κ2) is 17.2. The molecule has 5 rings (SSSR count).